The largest absolute Gasteiger partial charge is 0.455 e. The van der Waals surface area contributed by atoms with Crippen molar-refractivity contribution in [2.45, 2.75) is 10.9 Å². The van der Waals surface area contributed by atoms with Gasteiger partial charge in [-0.25, -0.2) is 4.39 Å². The van der Waals surface area contributed by atoms with Crippen LogP contribution in [-0.4, -0.2) is 16.7 Å². The molecule has 0 saturated carbocycles. The molecule has 1 heterocycles. The number of carbonyl (C=O) groups is 1. The molecule has 0 aromatic heterocycles. The first-order valence-corrected chi connectivity index (χ1v) is 4.65. The van der Waals surface area contributed by atoms with Crippen LogP contribution in [0.2, 0.25) is 0 Å². The third-order valence-electron chi connectivity index (χ3n) is 1.95. The van der Waals surface area contributed by atoms with Crippen molar-refractivity contribution in [1.29, 1.82) is 0 Å². The molecule has 0 saturated heterocycles. The second-order valence-corrected chi connectivity index (χ2v) is 4.04. The van der Waals surface area contributed by atoms with Crippen LogP contribution in [0.5, 0.6) is 5.75 Å². The molecule has 2 rings (SSSR count). The van der Waals surface area contributed by atoms with Gasteiger partial charge in [-0.05, 0) is 28.1 Å². The van der Waals surface area contributed by atoms with Crippen LogP contribution in [0.1, 0.15) is 10.4 Å². The van der Waals surface area contributed by atoms with Gasteiger partial charge in [-0.3, -0.25) is 4.79 Å². The maximum Gasteiger partial charge on any atom is 0.292 e. The van der Waals surface area contributed by atoms with Crippen molar-refractivity contribution in [3.8, 4) is 5.75 Å². The van der Waals surface area contributed by atoms with Crippen LogP contribution in [0.15, 0.2) is 24.3 Å². The van der Waals surface area contributed by atoms with Crippen molar-refractivity contribution < 1.29 is 18.3 Å². The van der Waals surface area contributed by atoms with E-state index >= 15 is 0 Å². The van der Waals surface area contributed by atoms with Gasteiger partial charge in [0.1, 0.15) is 5.75 Å². The summed E-state index contributed by atoms with van der Waals surface area (Å²) in [6, 6.07) is 5.95. The molecule has 74 valence electrons. The van der Waals surface area contributed by atoms with E-state index in [0.29, 0.717) is 0 Å². The number of ether oxygens (including phenoxy) is 1. The molecule has 0 fully saturated rings. The second kappa shape index (κ2) is 3.02. The number of halogens is 3. The van der Waals surface area contributed by atoms with Crippen LogP contribution >= 0.6 is 15.9 Å². The fourth-order valence-electron chi connectivity index (χ4n) is 1.23. The zero-order chi connectivity index (χ0) is 10.3. The van der Waals surface area contributed by atoms with Gasteiger partial charge in [0.25, 0.3) is 10.9 Å². The van der Waals surface area contributed by atoms with Crippen molar-refractivity contribution in [1.82, 2.24) is 0 Å². The van der Waals surface area contributed by atoms with Crippen molar-refractivity contribution in [3.63, 3.8) is 0 Å². The van der Waals surface area contributed by atoms with Crippen LogP contribution in [0.25, 0.3) is 0 Å². The Hall–Kier alpha value is -0.970. The molecule has 0 amide bonds. The van der Waals surface area contributed by atoms with E-state index in [-0.39, 0.29) is 11.3 Å². The summed E-state index contributed by atoms with van der Waals surface area (Å²) in [6.45, 7) is 0. The van der Waals surface area contributed by atoms with Crippen molar-refractivity contribution >= 4 is 21.7 Å². The first kappa shape index (κ1) is 9.58. The Labute approximate surface area is 87.0 Å². The number of para-hydroxylation sites is 1. The molecule has 1 aromatic carbocycles. The van der Waals surface area contributed by atoms with E-state index in [9.17, 15) is 13.6 Å². The lowest BCUT2D eigenvalue weighted by molar-refractivity contribution is -0.0200. The van der Waals surface area contributed by atoms with E-state index in [4.69, 9.17) is 0 Å². The van der Waals surface area contributed by atoms with Gasteiger partial charge in [0.2, 0.25) is 5.78 Å². The monoisotopic (exact) mass is 262 g/mol. The molecule has 2 nitrogen and oxygen atoms in total. The SMILES string of the molecule is O=C1c2ccccc2OC(F)C1(F)Br. The smallest absolute Gasteiger partial charge is 0.292 e. The lowest BCUT2D eigenvalue weighted by Gasteiger charge is -2.28. The van der Waals surface area contributed by atoms with Gasteiger partial charge >= 0.3 is 0 Å². The van der Waals surface area contributed by atoms with Crippen LogP contribution in [0.3, 0.4) is 0 Å². The predicted molar refractivity (Wildman–Crippen MR) is 49.1 cm³/mol. The number of benzene rings is 1. The van der Waals surface area contributed by atoms with Gasteiger partial charge in [-0.15, -0.1) is 0 Å². The van der Waals surface area contributed by atoms with Crippen LogP contribution in [0.4, 0.5) is 8.78 Å². The number of Topliss-reactive ketones (excluding diaryl/α,β-unsaturated/α-hetero) is 1. The predicted octanol–water partition coefficient (Wildman–Crippen LogP) is 2.62. The van der Waals surface area contributed by atoms with E-state index in [2.05, 4.69) is 20.7 Å². The summed E-state index contributed by atoms with van der Waals surface area (Å²) in [7, 11) is 0. The molecule has 14 heavy (non-hydrogen) atoms. The number of hydrogen-bond acceptors (Lipinski definition) is 2. The summed E-state index contributed by atoms with van der Waals surface area (Å²) >= 11 is 2.38. The van der Waals surface area contributed by atoms with Crippen molar-refractivity contribution in [2.75, 3.05) is 0 Å². The summed E-state index contributed by atoms with van der Waals surface area (Å²) in [5.41, 5.74) is 0.0424. The summed E-state index contributed by atoms with van der Waals surface area (Å²) in [4.78, 5) is 11.4. The first-order chi connectivity index (χ1) is 6.53. The summed E-state index contributed by atoms with van der Waals surface area (Å²) in [5, 5.41) is 0. The van der Waals surface area contributed by atoms with E-state index in [0.717, 1.165) is 0 Å². The minimum Gasteiger partial charge on any atom is -0.455 e. The average molecular weight is 263 g/mol. The number of ketones is 1. The minimum atomic E-state index is -2.78. The molecule has 0 N–H and O–H groups in total. The van der Waals surface area contributed by atoms with Crippen molar-refractivity contribution in [3.05, 3.63) is 29.8 Å². The molecule has 0 spiro atoms. The maximum absolute atomic E-state index is 13.4. The molecule has 2 unspecified atom stereocenters. The van der Waals surface area contributed by atoms with Crippen molar-refractivity contribution in [2.24, 2.45) is 0 Å². The Bertz CT molecular complexity index is 392. The fraction of sp³-hybridized carbons (Fsp3) is 0.222. The van der Waals surface area contributed by atoms with Gasteiger partial charge < -0.3 is 4.74 Å². The minimum absolute atomic E-state index is 0.0424. The summed E-state index contributed by atoms with van der Waals surface area (Å²) in [6.07, 6.45) is -2.31. The molecular formula is C9H5BrF2O2. The number of alkyl halides is 3. The number of fused-ring (bicyclic) bond motifs is 1. The van der Waals surface area contributed by atoms with Crippen LogP contribution < -0.4 is 4.74 Å². The van der Waals surface area contributed by atoms with E-state index in [1.165, 1.54) is 12.1 Å². The van der Waals surface area contributed by atoms with Gasteiger partial charge in [0.15, 0.2) is 0 Å². The first-order valence-electron chi connectivity index (χ1n) is 3.86. The molecule has 2 atom stereocenters. The van der Waals surface area contributed by atoms with E-state index in [1.54, 1.807) is 12.1 Å². The zero-order valence-electron chi connectivity index (χ0n) is 6.84. The normalized spacial score (nSPS) is 30.8. The van der Waals surface area contributed by atoms with Crippen LogP contribution in [0, 0.1) is 0 Å². The topological polar surface area (TPSA) is 26.3 Å². The van der Waals surface area contributed by atoms with Gasteiger partial charge in [-0.1, -0.05) is 12.1 Å². The highest BCUT2D eigenvalue weighted by molar-refractivity contribution is 9.10. The lowest BCUT2D eigenvalue weighted by atomic mass is 10.0. The lowest BCUT2D eigenvalue weighted by Crippen LogP contribution is -2.44. The standard InChI is InChI=1S/C9H5BrF2O2/c10-9(12)7(13)5-3-1-2-4-6(5)14-8(9)11/h1-4,8H. The van der Waals surface area contributed by atoms with Crippen LogP contribution in [-0.2, 0) is 0 Å². The van der Waals surface area contributed by atoms with E-state index < -0.39 is 16.7 Å². The molecule has 1 aliphatic heterocycles. The molecule has 1 aromatic rings. The highest BCUT2D eigenvalue weighted by Crippen LogP contribution is 2.39. The number of hydrogen-bond donors (Lipinski definition) is 0. The van der Waals surface area contributed by atoms with E-state index in [1.807, 2.05) is 0 Å². The Balaban J connectivity index is 2.55. The van der Waals surface area contributed by atoms with Gasteiger partial charge in [0, 0.05) is 0 Å². The molecule has 1 aliphatic rings. The summed E-state index contributed by atoms with van der Waals surface area (Å²) in [5.74, 6) is -0.885. The third-order valence-corrected chi connectivity index (χ3v) is 2.67. The molecule has 5 heteroatoms. The molecular weight excluding hydrogens is 258 g/mol. The maximum atomic E-state index is 13.4. The highest BCUT2D eigenvalue weighted by Gasteiger charge is 2.51. The Kier molecular flexibility index (Phi) is 2.06. The summed E-state index contributed by atoms with van der Waals surface area (Å²) < 4.78 is 28.3. The zero-order valence-corrected chi connectivity index (χ0v) is 8.42. The number of carbonyl (C=O) groups excluding carboxylic acids is 1. The Morgan fingerprint density at radius 3 is 2.79 bits per heavy atom. The molecule has 0 aliphatic carbocycles. The number of rotatable bonds is 0. The van der Waals surface area contributed by atoms with Gasteiger partial charge in [0.05, 0.1) is 5.56 Å². The van der Waals surface area contributed by atoms with Gasteiger partial charge in [-0.2, -0.15) is 4.39 Å². The highest BCUT2D eigenvalue weighted by atomic mass is 79.9. The molecule has 0 bridgehead atoms. The fourth-order valence-corrected chi connectivity index (χ4v) is 1.53. The Morgan fingerprint density at radius 2 is 2.07 bits per heavy atom. The Morgan fingerprint density at radius 1 is 1.43 bits per heavy atom. The molecule has 0 radical (unpaired) electrons. The third kappa shape index (κ3) is 1.23. The average Bonchev–Trinajstić information content (AvgIpc) is 2.15. The second-order valence-electron chi connectivity index (χ2n) is 2.88. The quantitative estimate of drug-likeness (QED) is 0.672.